The summed E-state index contributed by atoms with van der Waals surface area (Å²) < 4.78 is 1.84. The SMILES string of the molecule is Cn1cc(CCC(CN)c2ccccc2)cn1. The summed E-state index contributed by atoms with van der Waals surface area (Å²) in [5.74, 6) is 0.441. The molecule has 0 radical (unpaired) electrons. The molecule has 1 unspecified atom stereocenters. The quantitative estimate of drug-likeness (QED) is 0.853. The Morgan fingerprint density at radius 1 is 1.29 bits per heavy atom. The first-order valence-corrected chi connectivity index (χ1v) is 6.02. The van der Waals surface area contributed by atoms with Crippen molar-refractivity contribution in [2.45, 2.75) is 18.8 Å². The van der Waals surface area contributed by atoms with E-state index in [0.29, 0.717) is 12.5 Å². The van der Waals surface area contributed by atoms with E-state index in [9.17, 15) is 0 Å². The van der Waals surface area contributed by atoms with Gasteiger partial charge in [0.15, 0.2) is 0 Å². The van der Waals surface area contributed by atoms with Crippen molar-refractivity contribution in [1.29, 1.82) is 0 Å². The fraction of sp³-hybridized carbons (Fsp3) is 0.357. The van der Waals surface area contributed by atoms with Crippen LogP contribution in [0.5, 0.6) is 0 Å². The predicted molar refractivity (Wildman–Crippen MR) is 69.8 cm³/mol. The molecule has 2 rings (SSSR count). The zero-order valence-electron chi connectivity index (χ0n) is 10.2. The van der Waals surface area contributed by atoms with Crippen molar-refractivity contribution in [3.63, 3.8) is 0 Å². The minimum Gasteiger partial charge on any atom is -0.330 e. The molecule has 2 N–H and O–H groups in total. The van der Waals surface area contributed by atoms with Crippen molar-refractivity contribution in [2.24, 2.45) is 12.8 Å². The van der Waals surface area contributed by atoms with E-state index >= 15 is 0 Å². The van der Waals surface area contributed by atoms with Gasteiger partial charge in [0.1, 0.15) is 0 Å². The van der Waals surface area contributed by atoms with Crippen LogP contribution in [-0.2, 0) is 13.5 Å². The Labute approximate surface area is 102 Å². The molecule has 0 fully saturated rings. The molecule has 17 heavy (non-hydrogen) atoms. The molecular weight excluding hydrogens is 210 g/mol. The fourth-order valence-electron chi connectivity index (χ4n) is 2.09. The van der Waals surface area contributed by atoms with Crippen molar-refractivity contribution < 1.29 is 0 Å². The first kappa shape index (κ1) is 11.9. The van der Waals surface area contributed by atoms with Gasteiger partial charge in [0.05, 0.1) is 6.20 Å². The largest absolute Gasteiger partial charge is 0.330 e. The summed E-state index contributed by atoms with van der Waals surface area (Å²) in [6, 6.07) is 10.5. The van der Waals surface area contributed by atoms with Gasteiger partial charge in [-0.2, -0.15) is 5.10 Å². The number of aryl methyl sites for hydroxylation is 2. The highest BCUT2D eigenvalue weighted by molar-refractivity contribution is 5.20. The topological polar surface area (TPSA) is 43.8 Å². The molecule has 90 valence electrons. The van der Waals surface area contributed by atoms with Gasteiger partial charge in [0, 0.05) is 13.2 Å². The number of benzene rings is 1. The third kappa shape index (κ3) is 3.17. The molecule has 0 saturated carbocycles. The van der Waals surface area contributed by atoms with Gasteiger partial charge in [-0.05, 0) is 36.4 Å². The predicted octanol–water partition coefficient (Wildman–Crippen LogP) is 2.10. The maximum atomic E-state index is 5.85. The van der Waals surface area contributed by atoms with Gasteiger partial charge < -0.3 is 5.73 Å². The summed E-state index contributed by atoms with van der Waals surface area (Å²) in [7, 11) is 1.95. The van der Waals surface area contributed by atoms with Crippen LogP contribution in [0.15, 0.2) is 42.7 Å². The Morgan fingerprint density at radius 3 is 2.65 bits per heavy atom. The van der Waals surface area contributed by atoms with Crippen molar-refractivity contribution in [3.05, 3.63) is 53.9 Å². The van der Waals surface area contributed by atoms with Crippen LogP contribution in [-0.4, -0.2) is 16.3 Å². The van der Waals surface area contributed by atoms with E-state index in [-0.39, 0.29) is 0 Å². The average Bonchev–Trinajstić information content (AvgIpc) is 2.77. The molecule has 1 heterocycles. The Kier molecular flexibility index (Phi) is 3.94. The molecule has 1 atom stereocenters. The van der Waals surface area contributed by atoms with E-state index in [0.717, 1.165) is 12.8 Å². The molecule has 0 bridgehead atoms. The van der Waals surface area contributed by atoms with Gasteiger partial charge in [-0.1, -0.05) is 30.3 Å². The van der Waals surface area contributed by atoms with E-state index < -0.39 is 0 Å². The van der Waals surface area contributed by atoms with Crippen LogP contribution in [0.4, 0.5) is 0 Å². The molecule has 3 heteroatoms. The van der Waals surface area contributed by atoms with Gasteiger partial charge in [0.25, 0.3) is 0 Å². The number of nitrogens with two attached hydrogens (primary N) is 1. The monoisotopic (exact) mass is 229 g/mol. The molecular formula is C14H19N3. The minimum absolute atomic E-state index is 0.441. The highest BCUT2D eigenvalue weighted by atomic mass is 15.2. The lowest BCUT2D eigenvalue weighted by molar-refractivity contribution is 0.633. The van der Waals surface area contributed by atoms with Gasteiger partial charge in [-0.25, -0.2) is 0 Å². The standard InChI is InChI=1S/C14H19N3/c1-17-11-12(10-16-17)7-8-14(9-15)13-5-3-2-4-6-13/h2-6,10-11,14H,7-9,15H2,1H3. The molecule has 2 aromatic rings. The summed E-state index contributed by atoms with van der Waals surface area (Å²) >= 11 is 0. The summed E-state index contributed by atoms with van der Waals surface area (Å²) in [4.78, 5) is 0. The van der Waals surface area contributed by atoms with Crippen LogP contribution >= 0.6 is 0 Å². The Hall–Kier alpha value is -1.61. The van der Waals surface area contributed by atoms with E-state index in [4.69, 9.17) is 5.73 Å². The highest BCUT2D eigenvalue weighted by Crippen LogP contribution is 2.20. The Bertz CT molecular complexity index is 448. The zero-order chi connectivity index (χ0) is 12.1. The Balaban J connectivity index is 1.97. The van der Waals surface area contributed by atoms with Crippen molar-refractivity contribution in [1.82, 2.24) is 9.78 Å². The maximum absolute atomic E-state index is 5.85. The highest BCUT2D eigenvalue weighted by Gasteiger charge is 2.09. The maximum Gasteiger partial charge on any atom is 0.0521 e. The first-order chi connectivity index (χ1) is 8.29. The fourth-order valence-corrected chi connectivity index (χ4v) is 2.09. The minimum atomic E-state index is 0.441. The van der Waals surface area contributed by atoms with Crippen LogP contribution in [0, 0.1) is 0 Å². The Morgan fingerprint density at radius 2 is 2.06 bits per heavy atom. The lowest BCUT2D eigenvalue weighted by Crippen LogP contribution is -2.13. The smallest absolute Gasteiger partial charge is 0.0521 e. The van der Waals surface area contributed by atoms with E-state index in [1.54, 1.807) is 0 Å². The first-order valence-electron chi connectivity index (χ1n) is 6.02. The lowest BCUT2D eigenvalue weighted by atomic mass is 9.93. The molecule has 0 aliphatic carbocycles. The average molecular weight is 229 g/mol. The second kappa shape index (κ2) is 5.64. The summed E-state index contributed by atoms with van der Waals surface area (Å²) in [5.41, 5.74) is 8.47. The second-order valence-electron chi connectivity index (χ2n) is 4.40. The third-order valence-corrected chi connectivity index (χ3v) is 3.10. The summed E-state index contributed by atoms with van der Waals surface area (Å²) in [6.07, 6.45) is 6.11. The third-order valence-electron chi connectivity index (χ3n) is 3.10. The normalized spacial score (nSPS) is 12.6. The van der Waals surface area contributed by atoms with Gasteiger partial charge in [0.2, 0.25) is 0 Å². The number of hydrogen-bond donors (Lipinski definition) is 1. The van der Waals surface area contributed by atoms with Crippen LogP contribution in [0.1, 0.15) is 23.5 Å². The van der Waals surface area contributed by atoms with Crippen molar-refractivity contribution in [3.8, 4) is 0 Å². The second-order valence-corrected chi connectivity index (χ2v) is 4.40. The summed E-state index contributed by atoms with van der Waals surface area (Å²) in [6.45, 7) is 0.699. The molecule has 3 nitrogen and oxygen atoms in total. The number of nitrogens with zero attached hydrogens (tertiary/aromatic N) is 2. The van der Waals surface area contributed by atoms with Gasteiger partial charge in [-0.3, -0.25) is 4.68 Å². The van der Waals surface area contributed by atoms with Crippen LogP contribution in [0.25, 0.3) is 0 Å². The number of aromatic nitrogens is 2. The van der Waals surface area contributed by atoms with Crippen molar-refractivity contribution >= 4 is 0 Å². The molecule has 0 aliphatic heterocycles. The van der Waals surface area contributed by atoms with Crippen LogP contribution in [0.2, 0.25) is 0 Å². The van der Waals surface area contributed by atoms with Crippen molar-refractivity contribution in [2.75, 3.05) is 6.54 Å². The lowest BCUT2D eigenvalue weighted by Gasteiger charge is -2.14. The molecule has 0 spiro atoms. The van der Waals surface area contributed by atoms with E-state index in [1.165, 1.54) is 11.1 Å². The molecule has 0 aliphatic rings. The summed E-state index contributed by atoms with van der Waals surface area (Å²) in [5, 5.41) is 4.18. The van der Waals surface area contributed by atoms with Crippen LogP contribution < -0.4 is 5.73 Å². The molecule has 0 saturated heterocycles. The molecule has 1 aromatic heterocycles. The zero-order valence-corrected chi connectivity index (χ0v) is 10.2. The number of hydrogen-bond acceptors (Lipinski definition) is 2. The van der Waals surface area contributed by atoms with Gasteiger partial charge >= 0.3 is 0 Å². The van der Waals surface area contributed by atoms with Crippen LogP contribution in [0.3, 0.4) is 0 Å². The molecule has 0 amide bonds. The molecule has 1 aromatic carbocycles. The van der Waals surface area contributed by atoms with E-state index in [2.05, 4.69) is 35.6 Å². The van der Waals surface area contributed by atoms with E-state index in [1.807, 2.05) is 24.0 Å². The van der Waals surface area contributed by atoms with Gasteiger partial charge in [-0.15, -0.1) is 0 Å². The number of rotatable bonds is 5.